The summed E-state index contributed by atoms with van der Waals surface area (Å²) < 4.78 is 1.02. The van der Waals surface area contributed by atoms with Gasteiger partial charge in [-0.15, -0.1) is 0 Å². The summed E-state index contributed by atoms with van der Waals surface area (Å²) in [6.07, 6.45) is 0.577. The summed E-state index contributed by atoms with van der Waals surface area (Å²) in [6, 6.07) is 9.91. The van der Waals surface area contributed by atoms with Crippen LogP contribution in [-0.2, 0) is 6.42 Å². The van der Waals surface area contributed by atoms with Crippen molar-refractivity contribution in [3.05, 3.63) is 34.3 Å². The molecule has 0 fully saturated rings. The lowest BCUT2D eigenvalue weighted by Crippen LogP contribution is -2.21. The second kappa shape index (κ2) is 4.59. The van der Waals surface area contributed by atoms with Crippen LogP contribution in [0.25, 0.3) is 0 Å². The molecular weight excluding hydrogens is 242 g/mol. The van der Waals surface area contributed by atoms with Crippen molar-refractivity contribution in [1.82, 2.24) is 0 Å². The van der Waals surface area contributed by atoms with Crippen LogP contribution >= 0.6 is 15.9 Å². The van der Waals surface area contributed by atoms with Gasteiger partial charge in [0, 0.05) is 4.47 Å². The first-order chi connectivity index (χ1) is 6.59. The number of hydrogen-bond acceptors (Lipinski definition) is 2. The van der Waals surface area contributed by atoms with E-state index in [0.717, 1.165) is 10.0 Å². The van der Waals surface area contributed by atoms with Crippen LogP contribution in [0.4, 0.5) is 0 Å². The first-order valence-corrected chi connectivity index (χ1v) is 5.15. The van der Waals surface area contributed by atoms with Gasteiger partial charge in [0.05, 0.1) is 18.1 Å². The summed E-state index contributed by atoms with van der Waals surface area (Å²) in [7, 11) is 0. The van der Waals surface area contributed by atoms with Gasteiger partial charge >= 0.3 is 0 Å². The molecular formula is C11H12BrNO. The lowest BCUT2D eigenvalue weighted by Gasteiger charge is -2.17. The standard InChI is InChI=1S/C11H12BrNO/c1-11(7-13,8-14)6-9-2-4-10(12)5-3-9/h2-5,14H,6,8H2,1H3. The van der Waals surface area contributed by atoms with E-state index in [1.54, 1.807) is 6.92 Å². The van der Waals surface area contributed by atoms with Crippen molar-refractivity contribution in [2.24, 2.45) is 5.41 Å². The highest BCUT2D eigenvalue weighted by molar-refractivity contribution is 9.10. The molecule has 0 saturated carbocycles. The quantitative estimate of drug-likeness (QED) is 0.900. The van der Waals surface area contributed by atoms with Crippen LogP contribution < -0.4 is 0 Å². The summed E-state index contributed by atoms with van der Waals surface area (Å²) in [6.45, 7) is 1.65. The summed E-state index contributed by atoms with van der Waals surface area (Å²) in [5, 5.41) is 18.0. The molecule has 1 aromatic rings. The number of halogens is 1. The van der Waals surface area contributed by atoms with Crippen molar-refractivity contribution in [3.8, 4) is 6.07 Å². The molecule has 74 valence electrons. The number of nitriles is 1. The zero-order chi connectivity index (χ0) is 10.6. The highest BCUT2D eigenvalue weighted by Crippen LogP contribution is 2.22. The number of aliphatic hydroxyl groups is 1. The number of nitrogens with zero attached hydrogens (tertiary/aromatic N) is 1. The summed E-state index contributed by atoms with van der Waals surface area (Å²) in [5.74, 6) is 0. The molecule has 2 nitrogen and oxygen atoms in total. The predicted octanol–water partition coefficient (Wildman–Crippen LogP) is 2.51. The van der Waals surface area contributed by atoms with Crippen molar-refractivity contribution < 1.29 is 5.11 Å². The second-order valence-electron chi connectivity index (χ2n) is 3.63. The Kier molecular flexibility index (Phi) is 3.68. The van der Waals surface area contributed by atoms with E-state index in [9.17, 15) is 0 Å². The van der Waals surface area contributed by atoms with Gasteiger partial charge in [0.15, 0.2) is 0 Å². The molecule has 0 aliphatic carbocycles. The maximum absolute atomic E-state index is 9.07. The third-order valence-electron chi connectivity index (χ3n) is 2.13. The van der Waals surface area contributed by atoms with E-state index in [4.69, 9.17) is 10.4 Å². The lowest BCUT2D eigenvalue weighted by molar-refractivity contribution is 0.190. The van der Waals surface area contributed by atoms with Gasteiger partial charge in [0.2, 0.25) is 0 Å². The highest BCUT2D eigenvalue weighted by atomic mass is 79.9. The van der Waals surface area contributed by atoms with E-state index in [1.807, 2.05) is 24.3 Å². The van der Waals surface area contributed by atoms with Crippen LogP contribution in [0.2, 0.25) is 0 Å². The SMILES string of the molecule is CC(C#N)(CO)Cc1ccc(Br)cc1. The minimum atomic E-state index is -0.673. The van der Waals surface area contributed by atoms with Crippen LogP contribution in [0, 0.1) is 16.7 Å². The molecule has 1 atom stereocenters. The molecule has 0 aromatic heterocycles. The Hall–Kier alpha value is -0.850. The number of rotatable bonds is 3. The van der Waals surface area contributed by atoms with Gasteiger partial charge in [-0.05, 0) is 31.0 Å². The molecule has 0 heterocycles. The van der Waals surface area contributed by atoms with Crippen molar-refractivity contribution in [3.63, 3.8) is 0 Å². The van der Waals surface area contributed by atoms with Gasteiger partial charge in [-0.2, -0.15) is 5.26 Å². The van der Waals surface area contributed by atoms with Crippen LogP contribution in [0.3, 0.4) is 0 Å². The summed E-state index contributed by atoms with van der Waals surface area (Å²) in [4.78, 5) is 0. The van der Waals surface area contributed by atoms with E-state index in [0.29, 0.717) is 6.42 Å². The van der Waals surface area contributed by atoms with Gasteiger partial charge in [-0.3, -0.25) is 0 Å². The van der Waals surface area contributed by atoms with E-state index in [-0.39, 0.29) is 6.61 Å². The van der Waals surface area contributed by atoms with E-state index in [2.05, 4.69) is 22.0 Å². The Balaban J connectivity index is 2.79. The third-order valence-corrected chi connectivity index (χ3v) is 2.66. The van der Waals surface area contributed by atoms with E-state index in [1.165, 1.54) is 0 Å². The average Bonchev–Trinajstić information content (AvgIpc) is 2.21. The monoisotopic (exact) mass is 253 g/mol. The van der Waals surface area contributed by atoms with Crippen molar-refractivity contribution in [2.75, 3.05) is 6.61 Å². The Morgan fingerprint density at radius 1 is 1.43 bits per heavy atom. The Labute approximate surface area is 92.3 Å². The van der Waals surface area contributed by atoms with Crippen molar-refractivity contribution >= 4 is 15.9 Å². The average molecular weight is 254 g/mol. The van der Waals surface area contributed by atoms with Crippen LogP contribution in [0.1, 0.15) is 12.5 Å². The first-order valence-electron chi connectivity index (χ1n) is 4.36. The number of benzene rings is 1. The normalized spacial score (nSPS) is 14.4. The van der Waals surface area contributed by atoms with Crippen LogP contribution in [-0.4, -0.2) is 11.7 Å². The van der Waals surface area contributed by atoms with Crippen molar-refractivity contribution in [2.45, 2.75) is 13.3 Å². The predicted molar refractivity (Wildman–Crippen MR) is 58.7 cm³/mol. The van der Waals surface area contributed by atoms with Crippen LogP contribution in [0.5, 0.6) is 0 Å². The Bertz CT molecular complexity index is 341. The second-order valence-corrected chi connectivity index (χ2v) is 4.55. The zero-order valence-electron chi connectivity index (χ0n) is 8.00. The topological polar surface area (TPSA) is 44.0 Å². The molecule has 1 N–H and O–H groups in total. The minimum absolute atomic E-state index is 0.112. The number of aliphatic hydroxyl groups excluding tert-OH is 1. The first kappa shape index (κ1) is 11.2. The maximum Gasteiger partial charge on any atom is 0.0816 e. The molecule has 3 heteroatoms. The van der Waals surface area contributed by atoms with Gasteiger partial charge in [-0.1, -0.05) is 28.1 Å². The van der Waals surface area contributed by atoms with E-state index >= 15 is 0 Å². The molecule has 0 radical (unpaired) electrons. The highest BCUT2D eigenvalue weighted by Gasteiger charge is 2.22. The molecule has 0 aliphatic heterocycles. The molecule has 1 aromatic carbocycles. The third kappa shape index (κ3) is 2.83. The number of hydrogen-bond donors (Lipinski definition) is 1. The van der Waals surface area contributed by atoms with Gasteiger partial charge in [-0.25, -0.2) is 0 Å². The Morgan fingerprint density at radius 3 is 2.43 bits per heavy atom. The molecule has 0 amide bonds. The smallest absolute Gasteiger partial charge is 0.0816 e. The fourth-order valence-corrected chi connectivity index (χ4v) is 1.45. The van der Waals surface area contributed by atoms with Crippen LogP contribution in [0.15, 0.2) is 28.7 Å². The molecule has 14 heavy (non-hydrogen) atoms. The zero-order valence-corrected chi connectivity index (χ0v) is 9.58. The fraction of sp³-hybridized carbons (Fsp3) is 0.364. The maximum atomic E-state index is 9.07. The minimum Gasteiger partial charge on any atom is -0.395 e. The summed E-state index contributed by atoms with van der Waals surface area (Å²) in [5.41, 5.74) is 0.389. The molecule has 1 rings (SSSR count). The van der Waals surface area contributed by atoms with Gasteiger partial charge in [0.25, 0.3) is 0 Å². The van der Waals surface area contributed by atoms with Gasteiger partial charge in [0.1, 0.15) is 0 Å². The lowest BCUT2D eigenvalue weighted by atomic mass is 9.86. The molecule has 0 bridgehead atoms. The van der Waals surface area contributed by atoms with E-state index < -0.39 is 5.41 Å². The Morgan fingerprint density at radius 2 is 2.00 bits per heavy atom. The molecule has 0 aliphatic rings. The van der Waals surface area contributed by atoms with Crippen molar-refractivity contribution in [1.29, 1.82) is 5.26 Å². The molecule has 0 saturated heterocycles. The molecule has 1 unspecified atom stereocenters. The summed E-state index contributed by atoms with van der Waals surface area (Å²) >= 11 is 3.34. The van der Waals surface area contributed by atoms with Gasteiger partial charge < -0.3 is 5.11 Å². The largest absolute Gasteiger partial charge is 0.395 e. The molecule has 0 spiro atoms. The fourth-order valence-electron chi connectivity index (χ4n) is 1.18.